The third-order valence-electron chi connectivity index (χ3n) is 4.19. The Bertz CT molecular complexity index is 836. The van der Waals surface area contributed by atoms with Crippen molar-refractivity contribution in [1.82, 2.24) is 14.8 Å². The first kappa shape index (κ1) is 16.1. The fraction of sp³-hybridized carbons (Fsp3) is 0.312. The van der Waals surface area contributed by atoms with Gasteiger partial charge in [0.1, 0.15) is 0 Å². The van der Waals surface area contributed by atoms with Crippen molar-refractivity contribution in [3.63, 3.8) is 0 Å². The topological polar surface area (TPSA) is 48.6 Å². The smallest absolute Gasteiger partial charge is 0.409 e. The summed E-state index contributed by atoms with van der Waals surface area (Å²) in [6, 6.07) is 6.04. The Morgan fingerprint density at radius 1 is 1.22 bits per heavy atom. The average Bonchev–Trinajstić information content (AvgIpc) is 3.16. The zero-order valence-electron chi connectivity index (χ0n) is 12.7. The second kappa shape index (κ2) is 6.39. The van der Waals surface area contributed by atoms with Gasteiger partial charge in [-0.25, -0.2) is 4.79 Å². The molecule has 1 fully saturated rings. The van der Waals surface area contributed by atoms with Gasteiger partial charge in [0, 0.05) is 54.7 Å². The van der Waals surface area contributed by atoms with E-state index in [9.17, 15) is 4.79 Å². The van der Waals surface area contributed by atoms with E-state index in [1.165, 1.54) is 0 Å². The Morgan fingerprint density at radius 2 is 2.00 bits per heavy atom. The lowest BCUT2D eigenvalue weighted by atomic mass is 10.1. The molecule has 0 atom stereocenters. The molecule has 2 aromatic heterocycles. The third-order valence-corrected chi connectivity index (χ3v) is 5.12. The van der Waals surface area contributed by atoms with E-state index in [2.05, 4.69) is 29.1 Å². The van der Waals surface area contributed by atoms with Gasteiger partial charge in [0.2, 0.25) is 0 Å². The van der Waals surface area contributed by atoms with E-state index in [0.717, 1.165) is 34.1 Å². The van der Waals surface area contributed by atoms with Gasteiger partial charge < -0.3 is 19.5 Å². The van der Waals surface area contributed by atoms with E-state index in [0.29, 0.717) is 18.8 Å². The lowest BCUT2D eigenvalue weighted by molar-refractivity contribution is 0.121. The molecular weight excluding hydrogens is 334 g/mol. The molecule has 1 aliphatic heterocycles. The molecule has 3 heterocycles. The van der Waals surface area contributed by atoms with Crippen LogP contribution in [0.25, 0.3) is 21.0 Å². The van der Waals surface area contributed by atoms with Crippen molar-refractivity contribution in [3.8, 4) is 5.75 Å². The molecule has 1 aromatic carbocycles. The third kappa shape index (κ3) is 2.89. The quantitative estimate of drug-likeness (QED) is 0.729. The van der Waals surface area contributed by atoms with Crippen LogP contribution in [-0.2, 0) is 0 Å². The van der Waals surface area contributed by atoms with Gasteiger partial charge in [-0.05, 0) is 24.6 Å². The lowest BCUT2D eigenvalue weighted by Crippen LogP contribution is -2.48. The summed E-state index contributed by atoms with van der Waals surface area (Å²) in [6.07, 6.45) is 1.65. The number of ether oxygens (including phenoxy) is 1. The van der Waals surface area contributed by atoms with Crippen LogP contribution in [0.5, 0.6) is 5.75 Å². The number of fused-ring (bicyclic) bond motifs is 3. The van der Waals surface area contributed by atoms with E-state index in [4.69, 9.17) is 4.74 Å². The zero-order valence-corrected chi connectivity index (χ0v) is 14.4. The van der Waals surface area contributed by atoms with Crippen LogP contribution in [0.2, 0.25) is 0 Å². The molecule has 0 spiro atoms. The van der Waals surface area contributed by atoms with Gasteiger partial charge in [0.15, 0.2) is 5.75 Å². The highest BCUT2D eigenvalue weighted by Crippen LogP contribution is 2.37. The summed E-state index contributed by atoms with van der Waals surface area (Å²) in [5.74, 6) is 0.642. The van der Waals surface area contributed by atoms with Gasteiger partial charge in [0.25, 0.3) is 0 Å². The van der Waals surface area contributed by atoms with Crippen LogP contribution < -0.4 is 4.74 Å². The molecule has 1 aliphatic rings. The maximum Gasteiger partial charge on any atom is 0.415 e. The number of nitrogens with zero attached hydrogens (tertiary/aromatic N) is 2. The van der Waals surface area contributed by atoms with Gasteiger partial charge in [-0.2, -0.15) is 0 Å². The summed E-state index contributed by atoms with van der Waals surface area (Å²) in [6.45, 7) is 3.21. The van der Waals surface area contributed by atoms with Crippen LogP contribution >= 0.6 is 23.7 Å². The first-order valence-electron chi connectivity index (χ1n) is 7.35. The molecule has 1 amide bonds. The van der Waals surface area contributed by atoms with Crippen molar-refractivity contribution in [2.75, 3.05) is 33.2 Å². The molecule has 3 aromatic rings. The molecule has 0 saturated carbocycles. The normalized spacial score (nSPS) is 15.8. The van der Waals surface area contributed by atoms with Crippen LogP contribution in [0.1, 0.15) is 0 Å². The van der Waals surface area contributed by atoms with Crippen LogP contribution in [0, 0.1) is 0 Å². The van der Waals surface area contributed by atoms with Crippen LogP contribution in [0.4, 0.5) is 4.79 Å². The Morgan fingerprint density at radius 3 is 2.78 bits per heavy atom. The monoisotopic (exact) mass is 351 g/mol. The van der Waals surface area contributed by atoms with Crippen molar-refractivity contribution < 1.29 is 9.53 Å². The minimum atomic E-state index is -0.256. The lowest BCUT2D eigenvalue weighted by Gasteiger charge is -2.31. The largest absolute Gasteiger partial charge is 0.415 e. The molecule has 5 nitrogen and oxygen atoms in total. The number of benzene rings is 1. The number of hydrogen-bond donors (Lipinski definition) is 1. The molecule has 0 unspecified atom stereocenters. The van der Waals surface area contributed by atoms with Crippen LogP contribution in [-0.4, -0.2) is 54.1 Å². The number of thiophene rings is 1. The van der Waals surface area contributed by atoms with E-state index in [-0.39, 0.29) is 18.5 Å². The summed E-state index contributed by atoms with van der Waals surface area (Å²) < 4.78 is 6.72. The van der Waals surface area contributed by atoms with Gasteiger partial charge in [-0.1, -0.05) is 0 Å². The highest BCUT2D eigenvalue weighted by molar-refractivity contribution is 7.17. The molecule has 122 valence electrons. The van der Waals surface area contributed by atoms with Gasteiger partial charge >= 0.3 is 6.09 Å². The van der Waals surface area contributed by atoms with Crippen LogP contribution in [0.3, 0.4) is 0 Å². The summed E-state index contributed by atoms with van der Waals surface area (Å²) in [4.78, 5) is 19.6. The SMILES string of the molecule is CN1CCN(C(=O)Oc2cc3[nH]ccc3c3ccsc23)CC1.Cl. The van der Waals surface area contributed by atoms with Crippen molar-refractivity contribution in [2.24, 2.45) is 0 Å². The Balaban J connectivity index is 0.00000156. The van der Waals surface area contributed by atoms with E-state index < -0.39 is 0 Å². The number of carbonyl (C=O) groups is 1. The number of aromatic nitrogens is 1. The van der Waals surface area contributed by atoms with Crippen molar-refractivity contribution in [3.05, 3.63) is 29.8 Å². The van der Waals surface area contributed by atoms with E-state index in [1.807, 2.05) is 17.6 Å². The van der Waals surface area contributed by atoms with E-state index >= 15 is 0 Å². The number of rotatable bonds is 1. The highest BCUT2D eigenvalue weighted by Gasteiger charge is 2.22. The fourth-order valence-corrected chi connectivity index (χ4v) is 3.73. The molecule has 0 radical (unpaired) electrons. The molecule has 0 bridgehead atoms. The standard InChI is InChI=1S/C16H17N3O2S.ClH/c1-18-5-7-19(8-6-18)16(20)21-14-10-13-11(2-4-17-13)12-3-9-22-15(12)14;/h2-4,9-10,17H,5-8H2,1H3;1H. The molecule has 7 heteroatoms. The van der Waals surface area contributed by atoms with Crippen molar-refractivity contribution >= 4 is 50.8 Å². The number of carbonyl (C=O) groups excluding carboxylic acids is 1. The Kier molecular flexibility index (Phi) is 4.48. The van der Waals surface area contributed by atoms with E-state index in [1.54, 1.807) is 16.2 Å². The van der Waals surface area contributed by atoms with Gasteiger partial charge in [0.05, 0.1) is 4.70 Å². The summed E-state index contributed by atoms with van der Waals surface area (Å²) in [5, 5.41) is 4.32. The Labute approximate surface area is 144 Å². The highest BCUT2D eigenvalue weighted by atomic mass is 35.5. The summed E-state index contributed by atoms with van der Waals surface area (Å²) >= 11 is 1.60. The number of amides is 1. The number of likely N-dealkylation sites (N-methyl/N-ethyl adjacent to an activating group) is 1. The minimum Gasteiger partial charge on any atom is -0.409 e. The molecule has 1 N–H and O–H groups in total. The number of piperazine rings is 1. The van der Waals surface area contributed by atoms with Crippen molar-refractivity contribution in [1.29, 1.82) is 0 Å². The number of aromatic amines is 1. The van der Waals surface area contributed by atoms with Crippen molar-refractivity contribution in [2.45, 2.75) is 0 Å². The number of H-pyrrole nitrogens is 1. The predicted octanol–water partition coefficient (Wildman–Crippen LogP) is 3.55. The fourth-order valence-electron chi connectivity index (χ4n) is 2.87. The van der Waals surface area contributed by atoms with Gasteiger partial charge in [-0.3, -0.25) is 0 Å². The minimum absolute atomic E-state index is 0. The number of nitrogens with one attached hydrogen (secondary N) is 1. The summed E-state index contributed by atoms with van der Waals surface area (Å²) in [5.41, 5.74) is 0.993. The van der Waals surface area contributed by atoms with Gasteiger partial charge in [-0.15, -0.1) is 23.7 Å². The molecule has 0 aliphatic carbocycles. The maximum absolute atomic E-state index is 12.4. The second-order valence-corrected chi connectivity index (χ2v) is 6.55. The average molecular weight is 352 g/mol. The predicted molar refractivity (Wildman–Crippen MR) is 96.0 cm³/mol. The zero-order chi connectivity index (χ0) is 15.1. The molecule has 4 rings (SSSR count). The maximum atomic E-state index is 12.4. The number of hydrogen-bond acceptors (Lipinski definition) is 4. The Hall–Kier alpha value is -1.76. The number of halogens is 1. The summed E-state index contributed by atoms with van der Waals surface area (Å²) in [7, 11) is 2.07. The molecular formula is C16H18ClN3O2S. The molecule has 1 saturated heterocycles. The second-order valence-electron chi connectivity index (χ2n) is 5.64. The molecule has 23 heavy (non-hydrogen) atoms. The van der Waals surface area contributed by atoms with Crippen LogP contribution in [0.15, 0.2) is 29.8 Å². The first-order chi connectivity index (χ1) is 10.7. The first-order valence-corrected chi connectivity index (χ1v) is 8.23.